The number of carbonyl (C=O) groups excluding carboxylic acids is 2. The number of amides is 2. The molecule has 1 aliphatic heterocycles. The van der Waals surface area contributed by atoms with Crippen molar-refractivity contribution in [2.75, 3.05) is 17.7 Å². The van der Waals surface area contributed by atoms with Crippen LogP contribution in [0.25, 0.3) is 0 Å². The number of anilines is 2. The molecule has 3 rings (SSSR count). The molecule has 0 fully saturated rings. The average Bonchev–Trinajstić information content (AvgIpc) is 2.71. The van der Waals surface area contributed by atoms with Gasteiger partial charge in [0.15, 0.2) is 0 Å². The van der Waals surface area contributed by atoms with E-state index < -0.39 is 0 Å². The topological polar surface area (TPSA) is 72.6 Å². The molecular weight excluding hydrogens is 336 g/mol. The molecule has 2 amide bonds. The number of nitrogens with two attached hydrogens (primary N) is 1. The Morgan fingerprint density at radius 3 is 2.43 bits per heavy atom. The summed E-state index contributed by atoms with van der Waals surface area (Å²) in [4.78, 5) is 26.0. The molecule has 0 bridgehead atoms. The minimum absolute atomic E-state index is 0.308. The predicted octanol–water partition coefficient (Wildman–Crippen LogP) is 2.84. The number of hydrogen-bond acceptors (Lipinski definition) is 4. The number of hydrogen-bond donors (Lipinski definition) is 1. The van der Waals surface area contributed by atoms with Crippen molar-refractivity contribution in [1.29, 1.82) is 0 Å². The van der Waals surface area contributed by atoms with Crippen LogP contribution in [0.3, 0.4) is 0 Å². The highest BCUT2D eigenvalue weighted by Gasteiger charge is 2.37. The summed E-state index contributed by atoms with van der Waals surface area (Å²) in [6.07, 6.45) is 0. The van der Waals surface area contributed by atoms with Crippen molar-refractivity contribution in [2.24, 2.45) is 0 Å². The monoisotopic (exact) mass is 346 g/mol. The zero-order valence-corrected chi connectivity index (χ0v) is 12.7. The summed E-state index contributed by atoms with van der Waals surface area (Å²) in [7, 11) is 1.52. The molecular formula is C15H11BrN2O3. The summed E-state index contributed by atoms with van der Waals surface area (Å²) in [5.74, 6) is -0.192. The molecule has 0 aromatic heterocycles. The predicted molar refractivity (Wildman–Crippen MR) is 82.7 cm³/mol. The van der Waals surface area contributed by atoms with Gasteiger partial charge in [-0.3, -0.25) is 9.59 Å². The van der Waals surface area contributed by atoms with Crippen LogP contribution < -0.4 is 15.4 Å². The number of halogens is 1. The lowest BCUT2D eigenvalue weighted by Gasteiger charge is -2.16. The van der Waals surface area contributed by atoms with Gasteiger partial charge >= 0.3 is 0 Å². The van der Waals surface area contributed by atoms with Gasteiger partial charge in [0.25, 0.3) is 11.8 Å². The first-order chi connectivity index (χ1) is 10.0. The van der Waals surface area contributed by atoms with Gasteiger partial charge in [-0.15, -0.1) is 0 Å². The van der Waals surface area contributed by atoms with Crippen LogP contribution in [0.1, 0.15) is 20.7 Å². The van der Waals surface area contributed by atoms with Crippen LogP contribution >= 0.6 is 15.9 Å². The van der Waals surface area contributed by atoms with Gasteiger partial charge in [-0.2, -0.15) is 0 Å². The van der Waals surface area contributed by atoms with E-state index in [1.807, 2.05) is 0 Å². The van der Waals surface area contributed by atoms with Gasteiger partial charge in [0.2, 0.25) is 0 Å². The van der Waals surface area contributed by atoms with Gasteiger partial charge in [0.05, 0.1) is 29.6 Å². The third-order valence-electron chi connectivity index (χ3n) is 3.32. The fourth-order valence-corrected chi connectivity index (χ4v) is 2.66. The highest BCUT2D eigenvalue weighted by atomic mass is 79.9. The Balaban J connectivity index is 2.10. The highest BCUT2D eigenvalue weighted by Crippen LogP contribution is 2.34. The Labute approximate surface area is 129 Å². The molecule has 0 spiro atoms. The molecule has 106 valence electrons. The molecule has 0 unspecified atom stereocenters. The second-order valence-corrected chi connectivity index (χ2v) is 5.48. The first-order valence-corrected chi connectivity index (χ1v) is 6.94. The van der Waals surface area contributed by atoms with Crippen molar-refractivity contribution in [3.05, 3.63) is 52.0 Å². The van der Waals surface area contributed by atoms with Gasteiger partial charge in [0, 0.05) is 10.5 Å². The lowest BCUT2D eigenvalue weighted by molar-refractivity contribution is 0.0926. The van der Waals surface area contributed by atoms with E-state index in [0.717, 1.165) is 9.37 Å². The summed E-state index contributed by atoms with van der Waals surface area (Å²) < 4.78 is 5.81. The van der Waals surface area contributed by atoms with Crippen LogP contribution in [0.2, 0.25) is 0 Å². The van der Waals surface area contributed by atoms with Crippen LogP contribution in [-0.2, 0) is 0 Å². The third-order valence-corrected chi connectivity index (χ3v) is 3.82. The number of carbonyl (C=O) groups is 2. The lowest BCUT2D eigenvalue weighted by Crippen LogP contribution is -2.30. The second-order valence-electron chi connectivity index (χ2n) is 4.56. The summed E-state index contributed by atoms with van der Waals surface area (Å²) in [6.45, 7) is 0. The van der Waals surface area contributed by atoms with E-state index >= 15 is 0 Å². The Kier molecular flexibility index (Phi) is 3.17. The maximum absolute atomic E-state index is 12.5. The summed E-state index contributed by atoms with van der Waals surface area (Å²) in [5.41, 5.74) is 7.34. The molecule has 2 aromatic rings. The van der Waals surface area contributed by atoms with Crippen LogP contribution in [0.5, 0.6) is 5.75 Å². The number of nitrogen functional groups attached to an aromatic ring is 1. The zero-order valence-electron chi connectivity index (χ0n) is 11.1. The lowest BCUT2D eigenvalue weighted by atomic mass is 10.1. The van der Waals surface area contributed by atoms with Crippen molar-refractivity contribution in [2.45, 2.75) is 0 Å². The molecule has 0 radical (unpaired) electrons. The number of ether oxygens (including phenoxy) is 1. The molecule has 5 nitrogen and oxygen atoms in total. The molecule has 0 aliphatic carbocycles. The number of imide groups is 1. The molecule has 2 aromatic carbocycles. The Morgan fingerprint density at radius 1 is 1.05 bits per heavy atom. The molecule has 2 N–H and O–H groups in total. The molecule has 0 saturated carbocycles. The van der Waals surface area contributed by atoms with Gasteiger partial charge < -0.3 is 10.5 Å². The first kappa shape index (κ1) is 13.6. The minimum atomic E-state index is -0.381. The zero-order chi connectivity index (χ0) is 15.1. The van der Waals surface area contributed by atoms with Crippen LogP contribution in [0.4, 0.5) is 11.4 Å². The Hall–Kier alpha value is -2.34. The summed E-state index contributed by atoms with van der Waals surface area (Å²) in [5, 5.41) is 0. The van der Waals surface area contributed by atoms with Crippen LogP contribution in [0.15, 0.2) is 40.9 Å². The van der Waals surface area contributed by atoms with Gasteiger partial charge in [-0.25, -0.2) is 4.90 Å². The van der Waals surface area contributed by atoms with E-state index in [9.17, 15) is 9.59 Å². The van der Waals surface area contributed by atoms with Gasteiger partial charge in [0.1, 0.15) is 5.75 Å². The van der Waals surface area contributed by atoms with Crippen LogP contribution in [0, 0.1) is 0 Å². The summed E-state index contributed by atoms with van der Waals surface area (Å²) in [6, 6.07) is 9.82. The number of benzene rings is 2. The van der Waals surface area contributed by atoms with E-state index in [-0.39, 0.29) is 11.8 Å². The fourth-order valence-electron chi connectivity index (χ4n) is 2.30. The quantitative estimate of drug-likeness (QED) is 0.670. The van der Waals surface area contributed by atoms with E-state index in [1.54, 1.807) is 36.4 Å². The first-order valence-electron chi connectivity index (χ1n) is 6.15. The smallest absolute Gasteiger partial charge is 0.266 e. The molecule has 0 saturated heterocycles. The molecule has 21 heavy (non-hydrogen) atoms. The van der Waals surface area contributed by atoms with E-state index in [0.29, 0.717) is 28.3 Å². The minimum Gasteiger partial charge on any atom is -0.497 e. The molecule has 6 heteroatoms. The SMILES string of the molecule is COc1ccc(N2C(=O)c3ccc(Br)cc3C2=O)c(N)c1. The maximum atomic E-state index is 12.5. The molecule has 1 heterocycles. The standard InChI is InChI=1S/C15H11BrN2O3/c1-21-9-3-5-13(12(17)7-9)18-14(19)10-4-2-8(16)6-11(10)15(18)20/h2-7H,17H2,1H3. The molecule has 0 atom stereocenters. The highest BCUT2D eigenvalue weighted by molar-refractivity contribution is 9.10. The van der Waals surface area contributed by atoms with Gasteiger partial charge in [-0.05, 0) is 30.3 Å². The average molecular weight is 347 g/mol. The van der Waals surface area contributed by atoms with Crippen molar-refractivity contribution in [1.82, 2.24) is 0 Å². The summed E-state index contributed by atoms with van der Waals surface area (Å²) >= 11 is 3.30. The number of methoxy groups -OCH3 is 1. The van der Waals surface area contributed by atoms with Crippen molar-refractivity contribution in [3.63, 3.8) is 0 Å². The second kappa shape index (κ2) is 4.89. The van der Waals surface area contributed by atoms with Crippen molar-refractivity contribution in [3.8, 4) is 5.75 Å². The number of rotatable bonds is 2. The number of fused-ring (bicyclic) bond motifs is 1. The normalized spacial score (nSPS) is 13.5. The Morgan fingerprint density at radius 2 is 1.76 bits per heavy atom. The van der Waals surface area contributed by atoms with E-state index in [2.05, 4.69) is 15.9 Å². The Bertz CT molecular complexity index is 774. The number of nitrogens with zero attached hydrogens (tertiary/aromatic N) is 1. The van der Waals surface area contributed by atoms with Crippen LogP contribution in [-0.4, -0.2) is 18.9 Å². The van der Waals surface area contributed by atoms with Crippen molar-refractivity contribution >= 4 is 39.1 Å². The van der Waals surface area contributed by atoms with E-state index in [1.165, 1.54) is 7.11 Å². The fraction of sp³-hybridized carbons (Fsp3) is 0.0667. The van der Waals surface area contributed by atoms with Crippen molar-refractivity contribution < 1.29 is 14.3 Å². The largest absolute Gasteiger partial charge is 0.497 e. The third kappa shape index (κ3) is 2.08. The molecule has 1 aliphatic rings. The maximum Gasteiger partial charge on any atom is 0.266 e. The van der Waals surface area contributed by atoms with E-state index in [4.69, 9.17) is 10.5 Å². The van der Waals surface area contributed by atoms with Gasteiger partial charge in [-0.1, -0.05) is 15.9 Å².